The van der Waals surface area contributed by atoms with Crippen molar-refractivity contribution in [1.29, 1.82) is 0 Å². The lowest BCUT2D eigenvalue weighted by molar-refractivity contribution is -0.115. The van der Waals surface area contributed by atoms with Crippen LogP contribution in [-0.4, -0.2) is 21.4 Å². The van der Waals surface area contributed by atoms with Crippen molar-refractivity contribution >= 4 is 34.7 Å². The van der Waals surface area contributed by atoms with Crippen LogP contribution < -0.4 is 5.32 Å². The molecule has 0 radical (unpaired) electrons. The highest BCUT2D eigenvalue weighted by Gasteiger charge is 2.19. The molecule has 3 aromatic rings. The minimum absolute atomic E-state index is 0.0971. The van der Waals surface area contributed by atoms with Gasteiger partial charge in [-0.3, -0.25) is 4.79 Å². The summed E-state index contributed by atoms with van der Waals surface area (Å²) >= 11 is 2.78. The molecule has 0 aliphatic heterocycles. The Hall–Kier alpha value is -2.12. The highest BCUT2D eigenvalue weighted by molar-refractivity contribution is 8.00. The molecule has 2 heterocycles. The average Bonchev–Trinajstić information content (AvgIpc) is 3.26. The Bertz CT molecular complexity index is 798. The van der Waals surface area contributed by atoms with Gasteiger partial charge < -0.3 is 9.73 Å². The minimum Gasteiger partial charge on any atom is -0.410 e. The first-order valence-corrected chi connectivity index (χ1v) is 9.35. The maximum atomic E-state index is 12.3. The van der Waals surface area contributed by atoms with Crippen LogP contribution in [0, 0.1) is 0 Å². The van der Waals surface area contributed by atoms with Crippen LogP contribution in [-0.2, 0) is 11.2 Å². The fourth-order valence-electron chi connectivity index (χ4n) is 2.03. The summed E-state index contributed by atoms with van der Waals surface area (Å²) in [5.74, 6) is 0.385. The predicted octanol–water partition coefficient (Wildman–Crippen LogP) is 4.48. The number of aryl methyl sites for hydroxylation is 1. The van der Waals surface area contributed by atoms with E-state index in [1.807, 2.05) is 48.7 Å². The monoisotopic (exact) mass is 359 g/mol. The van der Waals surface area contributed by atoms with Gasteiger partial charge in [0.15, 0.2) is 0 Å². The molecule has 0 unspecified atom stereocenters. The zero-order valence-corrected chi connectivity index (χ0v) is 15.0. The van der Waals surface area contributed by atoms with E-state index >= 15 is 0 Å². The second-order valence-corrected chi connectivity index (χ2v) is 7.39. The Labute approximate surface area is 148 Å². The number of nitrogens with one attached hydrogen (secondary N) is 1. The summed E-state index contributed by atoms with van der Waals surface area (Å²) < 4.78 is 5.60. The number of rotatable bonds is 6. The zero-order chi connectivity index (χ0) is 16.9. The summed E-state index contributed by atoms with van der Waals surface area (Å²) in [7, 11) is 0. The number of aromatic nitrogens is 2. The third kappa shape index (κ3) is 4.04. The molecule has 1 N–H and O–H groups in total. The number of hydrogen-bond acceptors (Lipinski definition) is 6. The maximum Gasteiger partial charge on any atom is 0.277 e. The van der Waals surface area contributed by atoms with Gasteiger partial charge in [-0.05, 0) is 42.5 Å². The number of thiophene rings is 1. The summed E-state index contributed by atoms with van der Waals surface area (Å²) in [6.45, 7) is 3.91. The molecule has 5 nitrogen and oxygen atoms in total. The van der Waals surface area contributed by atoms with E-state index in [1.54, 1.807) is 0 Å². The fourth-order valence-corrected chi connectivity index (χ4v) is 3.36. The Morgan fingerprint density at radius 1 is 1.29 bits per heavy atom. The Kier molecular flexibility index (Phi) is 5.32. The lowest BCUT2D eigenvalue weighted by Crippen LogP contribution is -2.22. The van der Waals surface area contributed by atoms with Gasteiger partial charge in [-0.15, -0.1) is 21.5 Å². The number of anilines is 1. The normalized spacial score (nSPS) is 12.1. The number of carbonyl (C=O) groups is 1. The molecule has 1 atom stereocenters. The summed E-state index contributed by atoms with van der Waals surface area (Å²) in [4.78, 5) is 13.2. The van der Waals surface area contributed by atoms with Crippen molar-refractivity contribution < 1.29 is 9.21 Å². The summed E-state index contributed by atoms with van der Waals surface area (Å²) in [6, 6.07) is 11.7. The summed E-state index contributed by atoms with van der Waals surface area (Å²) in [6.07, 6.45) is 0.976. The van der Waals surface area contributed by atoms with Crippen LogP contribution in [0.1, 0.15) is 19.4 Å². The van der Waals surface area contributed by atoms with Gasteiger partial charge in [-0.25, -0.2) is 0 Å². The molecule has 1 aromatic carbocycles. The van der Waals surface area contributed by atoms with Gasteiger partial charge in [0.1, 0.15) is 0 Å². The number of thioether (sulfide) groups is 1. The largest absolute Gasteiger partial charge is 0.410 e. The zero-order valence-electron chi connectivity index (χ0n) is 13.4. The highest BCUT2D eigenvalue weighted by atomic mass is 32.2. The Balaban J connectivity index is 1.59. The van der Waals surface area contributed by atoms with Crippen molar-refractivity contribution in [3.8, 4) is 10.8 Å². The van der Waals surface area contributed by atoms with E-state index in [2.05, 4.69) is 22.4 Å². The first-order chi connectivity index (χ1) is 11.7. The molecular weight excluding hydrogens is 342 g/mol. The van der Waals surface area contributed by atoms with Gasteiger partial charge in [0.05, 0.1) is 10.1 Å². The molecule has 7 heteroatoms. The third-order valence-electron chi connectivity index (χ3n) is 3.41. The molecule has 3 rings (SSSR count). The van der Waals surface area contributed by atoms with E-state index in [1.165, 1.54) is 28.7 Å². The minimum atomic E-state index is -0.340. The second kappa shape index (κ2) is 7.63. The van der Waals surface area contributed by atoms with Crippen LogP contribution in [0.5, 0.6) is 0 Å². The Morgan fingerprint density at radius 3 is 2.75 bits per heavy atom. The molecule has 0 bridgehead atoms. The maximum absolute atomic E-state index is 12.3. The number of carbonyl (C=O) groups excluding carboxylic acids is 1. The lowest BCUT2D eigenvalue weighted by atomic mass is 10.1. The first-order valence-electron chi connectivity index (χ1n) is 7.59. The van der Waals surface area contributed by atoms with Crippen molar-refractivity contribution in [3.63, 3.8) is 0 Å². The van der Waals surface area contributed by atoms with E-state index in [9.17, 15) is 4.79 Å². The first kappa shape index (κ1) is 16.7. The van der Waals surface area contributed by atoms with Crippen LogP contribution >= 0.6 is 23.1 Å². The van der Waals surface area contributed by atoms with Gasteiger partial charge in [-0.1, -0.05) is 36.9 Å². The van der Waals surface area contributed by atoms with Gasteiger partial charge in [-0.2, -0.15) is 0 Å². The van der Waals surface area contributed by atoms with Gasteiger partial charge in [0.2, 0.25) is 5.91 Å². The van der Waals surface area contributed by atoms with Crippen molar-refractivity contribution in [2.75, 3.05) is 5.32 Å². The number of benzene rings is 1. The van der Waals surface area contributed by atoms with Crippen LogP contribution in [0.15, 0.2) is 51.4 Å². The van der Waals surface area contributed by atoms with Crippen molar-refractivity contribution in [2.24, 2.45) is 0 Å². The summed E-state index contributed by atoms with van der Waals surface area (Å²) in [5, 5.41) is 12.9. The van der Waals surface area contributed by atoms with Gasteiger partial charge in [0.25, 0.3) is 11.1 Å². The van der Waals surface area contributed by atoms with Crippen molar-refractivity contribution in [3.05, 3.63) is 47.3 Å². The molecule has 1 amide bonds. The summed E-state index contributed by atoms with van der Waals surface area (Å²) in [5.41, 5.74) is 2.02. The SMILES string of the molecule is CCc1ccc(NC(=O)[C@H](C)Sc2nnc(-c3cccs3)o2)cc1. The van der Waals surface area contributed by atoms with Crippen molar-refractivity contribution in [1.82, 2.24) is 10.2 Å². The molecule has 0 saturated heterocycles. The molecule has 0 aliphatic carbocycles. The van der Waals surface area contributed by atoms with E-state index in [-0.39, 0.29) is 11.2 Å². The molecule has 0 saturated carbocycles. The molecule has 0 spiro atoms. The van der Waals surface area contributed by atoms with Gasteiger partial charge in [0, 0.05) is 5.69 Å². The third-order valence-corrected chi connectivity index (χ3v) is 5.21. The second-order valence-electron chi connectivity index (χ2n) is 5.15. The van der Waals surface area contributed by atoms with Crippen molar-refractivity contribution in [2.45, 2.75) is 30.7 Å². The van der Waals surface area contributed by atoms with E-state index in [4.69, 9.17) is 4.42 Å². The van der Waals surface area contributed by atoms with Crippen LogP contribution in [0.3, 0.4) is 0 Å². The molecule has 0 aliphatic rings. The standard InChI is InChI=1S/C17H17N3O2S2/c1-3-12-6-8-13(9-7-12)18-15(21)11(2)24-17-20-19-16(22-17)14-5-4-10-23-14/h4-11H,3H2,1-2H3,(H,18,21)/t11-/m0/s1. The highest BCUT2D eigenvalue weighted by Crippen LogP contribution is 2.28. The van der Waals surface area contributed by atoms with E-state index in [0.29, 0.717) is 11.1 Å². The predicted molar refractivity (Wildman–Crippen MR) is 97.4 cm³/mol. The van der Waals surface area contributed by atoms with Gasteiger partial charge >= 0.3 is 0 Å². The number of hydrogen-bond donors (Lipinski definition) is 1. The average molecular weight is 359 g/mol. The number of amides is 1. The van der Waals surface area contributed by atoms with E-state index < -0.39 is 0 Å². The molecule has 2 aromatic heterocycles. The smallest absolute Gasteiger partial charge is 0.277 e. The fraction of sp³-hybridized carbons (Fsp3) is 0.235. The molecule has 124 valence electrons. The van der Waals surface area contributed by atoms with Crippen LogP contribution in [0.2, 0.25) is 0 Å². The molecular formula is C17H17N3O2S2. The molecule has 24 heavy (non-hydrogen) atoms. The number of nitrogens with zero attached hydrogens (tertiary/aromatic N) is 2. The van der Waals surface area contributed by atoms with Crippen LogP contribution in [0.4, 0.5) is 5.69 Å². The Morgan fingerprint density at radius 2 is 2.08 bits per heavy atom. The topological polar surface area (TPSA) is 68.0 Å². The molecule has 0 fully saturated rings. The van der Waals surface area contributed by atoms with Crippen LogP contribution in [0.25, 0.3) is 10.8 Å². The van der Waals surface area contributed by atoms with E-state index in [0.717, 1.165) is 17.0 Å². The lowest BCUT2D eigenvalue weighted by Gasteiger charge is -2.10. The quantitative estimate of drug-likeness (QED) is 0.657.